The maximum atomic E-state index is 12.2. The van der Waals surface area contributed by atoms with Gasteiger partial charge in [-0.25, -0.2) is 0 Å². The van der Waals surface area contributed by atoms with Crippen LogP contribution in [0.1, 0.15) is 39.1 Å². The molecule has 0 aromatic heterocycles. The van der Waals surface area contributed by atoms with Crippen molar-refractivity contribution in [2.75, 3.05) is 6.54 Å². The predicted molar refractivity (Wildman–Crippen MR) is 94.3 cm³/mol. The molecule has 1 aliphatic rings. The average molecular weight is 357 g/mol. The van der Waals surface area contributed by atoms with Crippen LogP contribution in [0.2, 0.25) is 5.02 Å². The summed E-state index contributed by atoms with van der Waals surface area (Å²) in [7, 11) is 0. The van der Waals surface area contributed by atoms with Gasteiger partial charge < -0.3 is 5.32 Å². The SMILES string of the molecule is O=C(CCCN1C(=O)c2ccccc2C1=O)NCc1cccc(Cl)c1. The molecule has 0 unspecified atom stereocenters. The van der Waals surface area contributed by atoms with E-state index >= 15 is 0 Å². The molecule has 0 saturated heterocycles. The number of carbonyl (C=O) groups is 3. The summed E-state index contributed by atoms with van der Waals surface area (Å²) in [5, 5.41) is 3.43. The second-order valence-electron chi connectivity index (χ2n) is 5.82. The Hall–Kier alpha value is -2.66. The lowest BCUT2D eigenvalue weighted by Crippen LogP contribution is -2.32. The average Bonchev–Trinajstić information content (AvgIpc) is 2.85. The van der Waals surface area contributed by atoms with Crippen LogP contribution in [0.4, 0.5) is 0 Å². The van der Waals surface area contributed by atoms with Gasteiger partial charge in [-0.05, 0) is 36.2 Å². The number of rotatable bonds is 6. The number of nitrogens with zero attached hydrogens (tertiary/aromatic N) is 1. The summed E-state index contributed by atoms with van der Waals surface area (Å²) in [5.41, 5.74) is 1.78. The molecule has 128 valence electrons. The molecule has 0 bridgehead atoms. The molecule has 0 aliphatic carbocycles. The summed E-state index contributed by atoms with van der Waals surface area (Å²) < 4.78 is 0. The number of fused-ring (bicyclic) bond motifs is 1. The van der Waals surface area contributed by atoms with E-state index in [1.165, 1.54) is 4.90 Å². The van der Waals surface area contributed by atoms with Crippen molar-refractivity contribution >= 4 is 29.3 Å². The number of halogens is 1. The highest BCUT2D eigenvalue weighted by Gasteiger charge is 2.34. The van der Waals surface area contributed by atoms with E-state index in [0.717, 1.165) is 5.56 Å². The molecule has 0 atom stereocenters. The number of hydrogen-bond donors (Lipinski definition) is 1. The molecule has 5 nitrogen and oxygen atoms in total. The number of hydrogen-bond acceptors (Lipinski definition) is 3. The Bertz CT molecular complexity index is 800. The van der Waals surface area contributed by atoms with E-state index in [-0.39, 0.29) is 30.7 Å². The third kappa shape index (κ3) is 3.88. The van der Waals surface area contributed by atoms with Gasteiger partial charge in [0, 0.05) is 24.5 Å². The van der Waals surface area contributed by atoms with Crippen molar-refractivity contribution in [2.45, 2.75) is 19.4 Å². The summed E-state index contributed by atoms with van der Waals surface area (Å²) >= 11 is 5.90. The van der Waals surface area contributed by atoms with E-state index in [4.69, 9.17) is 11.6 Å². The fraction of sp³-hybridized carbons (Fsp3) is 0.211. The van der Waals surface area contributed by atoms with Gasteiger partial charge >= 0.3 is 0 Å². The van der Waals surface area contributed by atoms with Gasteiger partial charge in [0.1, 0.15) is 0 Å². The summed E-state index contributed by atoms with van der Waals surface area (Å²) in [5.74, 6) is -0.712. The number of carbonyl (C=O) groups excluding carboxylic acids is 3. The minimum absolute atomic E-state index is 0.128. The minimum atomic E-state index is -0.292. The lowest BCUT2D eigenvalue weighted by atomic mass is 10.1. The Balaban J connectivity index is 1.46. The summed E-state index contributed by atoms with van der Waals surface area (Å²) in [6.45, 7) is 0.628. The van der Waals surface area contributed by atoms with Crippen molar-refractivity contribution in [2.24, 2.45) is 0 Å². The van der Waals surface area contributed by atoms with Crippen LogP contribution >= 0.6 is 11.6 Å². The van der Waals surface area contributed by atoms with E-state index in [2.05, 4.69) is 5.32 Å². The maximum Gasteiger partial charge on any atom is 0.261 e. The van der Waals surface area contributed by atoms with Gasteiger partial charge in [-0.1, -0.05) is 35.9 Å². The number of imide groups is 1. The van der Waals surface area contributed by atoms with Crippen molar-refractivity contribution in [1.82, 2.24) is 10.2 Å². The molecule has 6 heteroatoms. The van der Waals surface area contributed by atoms with Crippen LogP contribution in [0.3, 0.4) is 0 Å². The Morgan fingerprint density at radius 3 is 2.32 bits per heavy atom. The lowest BCUT2D eigenvalue weighted by molar-refractivity contribution is -0.121. The molecule has 0 saturated carbocycles. The summed E-state index contributed by atoms with van der Waals surface area (Å²) in [6, 6.07) is 14.0. The van der Waals surface area contributed by atoms with Gasteiger partial charge in [0.15, 0.2) is 0 Å². The Morgan fingerprint density at radius 1 is 1.00 bits per heavy atom. The number of amides is 3. The van der Waals surface area contributed by atoms with E-state index in [0.29, 0.717) is 29.1 Å². The van der Waals surface area contributed by atoms with Gasteiger partial charge in [0.05, 0.1) is 11.1 Å². The van der Waals surface area contributed by atoms with Crippen molar-refractivity contribution in [3.8, 4) is 0 Å². The Labute approximate surface area is 150 Å². The van der Waals surface area contributed by atoms with E-state index < -0.39 is 0 Å². The standard InChI is InChI=1S/C19H17ClN2O3/c20-14-6-3-5-13(11-14)12-21-17(23)9-4-10-22-18(24)15-7-1-2-8-16(15)19(22)25/h1-3,5-8,11H,4,9-10,12H2,(H,21,23). The minimum Gasteiger partial charge on any atom is -0.352 e. The highest BCUT2D eigenvalue weighted by Crippen LogP contribution is 2.22. The van der Waals surface area contributed by atoms with Gasteiger partial charge in [-0.2, -0.15) is 0 Å². The van der Waals surface area contributed by atoms with E-state index in [1.807, 2.05) is 12.1 Å². The molecule has 2 aromatic carbocycles. The summed E-state index contributed by atoms with van der Waals surface area (Å²) in [4.78, 5) is 37.6. The molecule has 1 aliphatic heterocycles. The molecule has 0 spiro atoms. The first-order valence-electron chi connectivity index (χ1n) is 8.02. The second-order valence-corrected chi connectivity index (χ2v) is 6.25. The van der Waals surface area contributed by atoms with E-state index in [9.17, 15) is 14.4 Å². The predicted octanol–water partition coefficient (Wildman–Crippen LogP) is 3.03. The number of benzene rings is 2. The van der Waals surface area contributed by atoms with Crippen LogP contribution in [0.25, 0.3) is 0 Å². The smallest absolute Gasteiger partial charge is 0.261 e. The first-order valence-corrected chi connectivity index (χ1v) is 8.40. The van der Waals surface area contributed by atoms with Gasteiger partial charge in [0.2, 0.25) is 5.91 Å². The zero-order valence-corrected chi connectivity index (χ0v) is 14.3. The Kier molecular flexibility index (Phi) is 5.14. The van der Waals surface area contributed by atoms with Crippen LogP contribution < -0.4 is 5.32 Å². The molecule has 3 amide bonds. The van der Waals surface area contributed by atoms with Crippen LogP contribution in [0.5, 0.6) is 0 Å². The fourth-order valence-electron chi connectivity index (χ4n) is 2.78. The first-order chi connectivity index (χ1) is 12.1. The van der Waals surface area contributed by atoms with Crippen molar-refractivity contribution in [1.29, 1.82) is 0 Å². The molecule has 1 N–H and O–H groups in total. The molecular weight excluding hydrogens is 340 g/mol. The molecule has 3 rings (SSSR count). The first kappa shape index (κ1) is 17.2. The van der Waals surface area contributed by atoms with Crippen LogP contribution in [-0.2, 0) is 11.3 Å². The van der Waals surface area contributed by atoms with Crippen LogP contribution in [0.15, 0.2) is 48.5 Å². The van der Waals surface area contributed by atoms with Crippen molar-refractivity contribution < 1.29 is 14.4 Å². The van der Waals surface area contributed by atoms with Crippen LogP contribution in [0, 0.1) is 0 Å². The third-order valence-corrected chi connectivity index (χ3v) is 4.28. The lowest BCUT2D eigenvalue weighted by Gasteiger charge is -2.13. The van der Waals surface area contributed by atoms with Crippen LogP contribution in [-0.4, -0.2) is 29.2 Å². The quantitative estimate of drug-likeness (QED) is 0.809. The van der Waals surface area contributed by atoms with Crippen molar-refractivity contribution in [3.05, 3.63) is 70.2 Å². The topological polar surface area (TPSA) is 66.5 Å². The molecule has 25 heavy (non-hydrogen) atoms. The third-order valence-electron chi connectivity index (χ3n) is 4.04. The largest absolute Gasteiger partial charge is 0.352 e. The molecule has 1 heterocycles. The van der Waals surface area contributed by atoms with Gasteiger partial charge in [-0.3, -0.25) is 19.3 Å². The fourth-order valence-corrected chi connectivity index (χ4v) is 2.99. The normalized spacial score (nSPS) is 13.1. The van der Waals surface area contributed by atoms with Gasteiger partial charge in [0.25, 0.3) is 11.8 Å². The maximum absolute atomic E-state index is 12.2. The molecule has 0 fully saturated rings. The van der Waals surface area contributed by atoms with Gasteiger partial charge in [-0.15, -0.1) is 0 Å². The second kappa shape index (κ2) is 7.49. The Morgan fingerprint density at radius 2 is 1.68 bits per heavy atom. The van der Waals surface area contributed by atoms with Crippen molar-refractivity contribution in [3.63, 3.8) is 0 Å². The monoisotopic (exact) mass is 356 g/mol. The summed E-state index contributed by atoms with van der Waals surface area (Å²) in [6.07, 6.45) is 0.667. The molecular formula is C19H17ClN2O3. The molecule has 0 radical (unpaired) electrons. The highest BCUT2D eigenvalue weighted by molar-refractivity contribution is 6.30. The zero-order chi connectivity index (χ0) is 17.8. The van der Waals surface area contributed by atoms with E-state index in [1.54, 1.807) is 36.4 Å². The highest BCUT2D eigenvalue weighted by atomic mass is 35.5. The number of nitrogens with one attached hydrogen (secondary N) is 1. The zero-order valence-electron chi connectivity index (χ0n) is 13.5. The molecule has 2 aromatic rings.